The number of allylic oxidation sites excluding steroid dienone is 3. The number of hydrogen-bond acceptors (Lipinski definition) is 8. The molecule has 9 heteroatoms. The van der Waals surface area contributed by atoms with E-state index in [9.17, 15) is 14.9 Å². The zero-order valence-electron chi connectivity index (χ0n) is 14.8. The minimum Gasteiger partial charge on any atom is -0.460 e. The van der Waals surface area contributed by atoms with Crippen molar-refractivity contribution >= 4 is 5.97 Å². The quantitative estimate of drug-likeness (QED) is 0.477. The molecule has 2 aliphatic heterocycles. The molecule has 2 N–H and O–H groups in total. The number of carbonyl (C=O) groups is 1. The van der Waals surface area contributed by atoms with Gasteiger partial charge in [-0.15, -0.1) is 0 Å². The van der Waals surface area contributed by atoms with Gasteiger partial charge in [-0.05, 0) is 33.8 Å². The summed E-state index contributed by atoms with van der Waals surface area (Å²) < 4.78 is 5.32. The highest BCUT2D eigenvalue weighted by Gasteiger charge is 2.43. The van der Waals surface area contributed by atoms with Gasteiger partial charge in [0.15, 0.2) is 11.5 Å². The lowest BCUT2D eigenvalue weighted by Crippen LogP contribution is -2.32. The Labute approximate surface area is 149 Å². The van der Waals surface area contributed by atoms with E-state index in [1.807, 2.05) is 0 Å². The van der Waals surface area contributed by atoms with E-state index in [2.05, 4.69) is 11.0 Å². The molecule has 0 amide bonds. The van der Waals surface area contributed by atoms with Gasteiger partial charge in [0.05, 0.1) is 22.3 Å². The van der Waals surface area contributed by atoms with E-state index in [-0.39, 0.29) is 17.4 Å². The number of fused-ring (bicyclic) bond motifs is 1. The number of benzene rings is 1. The molecule has 0 spiro atoms. The number of hydrogen-bond donors (Lipinski definition) is 2. The van der Waals surface area contributed by atoms with Crippen LogP contribution < -0.4 is 20.6 Å². The van der Waals surface area contributed by atoms with Crippen molar-refractivity contribution in [3.05, 3.63) is 56.5 Å². The summed E-state index contributed by atoms with van der Waals surface area (Å²) in [6.45, 7) is 6.71. The van der Waals surface area contributed by atoms with Gasteiger partial charge in [0.1, 0.15) is 5.92 Å². The van der Waals surface area contributed by atoms with Crippen LogP contribution in [-0.4, -0.2) is 17.0 Å². The zero-order chi connectivity index (χ0) is 19.0. The van der Waals surface area contributed by atoms with Gasteiger partial charge in [0, 0.05) is 16.9 Å². The van der Waals surface area contributed by atoms with Crippen LogP contribution in [0.4, 0.5) is 0 Å². The first-order valence-electron chi connectivity index (χ1n) is 8.06. The van der Waals surface area contributed by atoms with E-state index >= 15 is 0 Å². The Hall–Kier alpha value is -3.07. The van der Waals surface area contributed by atoms with Crippen molar-refractivity contribution in [2.24, 2.45) is 0 Å². The van der Waals surface area contributed by atoms with Crippen molar-refractivity contribution < 1.29 is 24.1 Å². The van der Waals surface area contributed by atoms with Gasteiger partial charge in [0.25, 0.3) is 5.70 Å². The molecule has 1 aromatic carbocycles. The summed E-state index contributed by atoms with van der Waals surface area (Å²) in [6, 6.07) is 5.00. The Morgan fingerprint density at radius 1 is 1.27 bits per heavy atom. The second-order valence-corrected chi connectivity index (χ2v) is 6.28. The molecule has 1 atom stereocenters. The lowest BCUT2D eigenvalue weighted by molar-refractivity contribution is -0.431. The molecule has 1 unspecified atom stereocenters. The first kappa shape index (κ1) is 17.7. The molecule has 0 bridgehead atoms. The summed E-state index contributed by atoms with van der Waals surface area (Å²) in [6.07, 6.45) is -0.364. The molecule has 9 nitrogen and oxygen atoms in total. The van der Waals surface area contributed by atoms with Crippen molar-refractivity contribution in [3.8, 4) is 11.5 Å². The van der Waals surface area contributed by atoms with E-state index in [4.69, 9.17) is 14.4 Å². The molecule has 0 aromatic heterocycles. The normalized spacial score (nSPS) is 18.9. The van der Waals surface area contributed by atoms with Crippen LogP contribution in [0.3, 0.4) is 0 Å². The maximum atomic E-state index is 12.7. The van der Waals surface area contributed by atoms with Crippen molar-refractivity contribution in [2.45, 2.75) is 39.7 Å². The standard InChI is InChI=1S/C17H19N3O6/c1-8(2)24-17(21)13-9(3)18-10(4)15(20(22)23)14(13)11-6-5-7-12-16(11)26-19-25-12/h5-8,14,18-19H,1-4H3. The minimum atomic E-state index is -0.962. The van der Waals surface area contributed by atoms with Gasteiger partial charge in [-0.2, -0.15) is 0 Å². The SMILES string of the molecule is CC1=C(C(=O)OC(C)C)C(c2cccc3c2ONO3)C([N+](=O)[O-])=C(C)N1. The molecular formula is C17H19N3O6. The summed E-state index contributed by atoms with van der Waals surface area (Å²) in [5.41, 5.74) is 3.58. The lowest BCUT2D eigenvalue weighted by Gasteiger charge is -2.27. The lowest BCUT2D eigenvalue weighted by atomic mass is 9.83. The fraction of sp³-hybridized carbons (Fsp3) is 0.353. The molecule has 0 saturated heterocycles. The van der Waals surface area contributed by atoms with E-state index in [0.717, 1.165) is 0 Å². The minimum absolute atomic E-state index is 0.143. The summed E-state index contributed by atoms with van der Waals surface area (Å²) in [4.78, 5) is 34.4. The fourth-order valence-corrected chi connectivity index (χ4v) is 3.13. The van der Waals surface area contributed by atoms with Gasteiger partial charge in [0.2, 0.25) is 0 Å². The molecule has 138 valence electrons. The highest BCUT2D eigenvalue weighted by atomic mass is 16.9. The summed E-state index contributed by atoms with van der Waals surface area (Å²) in [7, 11) is 0. The molecule has 0 fully saturated rings. The van der Waals surface area contributed by atoms with Crippen LogP contribution in [0, 0.1) is 10.1 Å². The first-order valence-corrected chi connectivity index (χ1v) is 8.06. The number of nitrogens with zero attached hydrogens (tertiary/aromatic N) is 1. The van der Waals surface area contributed by atoms with Crippen LogP contribution in [0.25, 0.3) is 0 Å². The smallest absolute Gasteiger partial charge is 0.337 e. The molecule has 1 aromatic rings. The largest absolute Gasteiger partial charge is 0.460 e. The highest BCUT2D eigenvalue weighted by Crippen LogP contribution is 2.46. The molecule has 2 aliphatic rings. The average Bonchev–Trinajstić information content (AvgIpc) is 3.01. The van der Waals surface area contributed by atoms with E-state index < -0.39 is 16.8 Å². The van der Waals surface area contributed by atoms with E-state index in [1.54, 1.807) is 45.9 Å². The van der Waals surface area contributed by atoms with Gasteiger partial charge in [-0.25, -0.2) is 4.79 Å². The van der Waals surface area contributed by atoms with Crippen molar-refractivity contribution in [3.63, 3.8) is 0 Å². The number of nitrogens with one attached hydrogen (secondary N) is 2. The molecular weight excluding hydrogens is 342 g/mol. The van der Waals surface area contributed by atoms with Crippen LogP contribution in [-0.2, 0) is 9.53 Å². The number of nitro groups is 1. The van der Waals surface area contributed by atoms with Crippen molar-refractivity contribution in [1.29, 1.82) is 0 Å². The predicted molar refractivity (Wildman–Crippen MR) is 90.3 cm³/mol. The zero-order valence-corrected chi connectivity index (χ0v) is 14.8. The van der Waals surface area contributed by atoms with Crippen LogP contribution in [0.2, 0.25) is 0 Å². The Balaban J connectivity index is 2.20. The van der Waals surface area contributed by atoms with Crippen molar-refractivity contribution in [1.82, 2.24) is 11.0 Å². The molecule has 0 radical (unpaired) electrons. The maximum Gasteiger partial charge on any atom is 0.337 e. The molecule has 3 rings (SSSR count). The third kappa shape index (κ3) is 2.97. The number of ether oxygens (including phenoxy) is 1. The second kappa shape index (κ2) is 6.68. The number of carbonyl (C=O) groups excluding carboxylic acids is 1. The Morgan fingerprint density at radius 2 is 2.00 bits per heavy atom. The van der Waals surface area contributed by atoms with E-state index in [0.29, 0.717) is 28.5 Å². The summed E-state index contributed by atoms with van der Waals surface area (Å²) >= 11 is 0. The molecule has 2 heterocycles. The average molecular weight is 361 g/mol. The van der Waals surface area contributed by atoms with Gasteiger partial charge >= 0.3 is 5.97 Å². The third-order valence-electron chi connectivity index (χ3n) is 4.10. The Morgan fingerprint density at radius 3 is 2.65 bits per heavy atom. The summed E-state index contributed by atoms with van der Waals surface area (Å²) in [5, 5.41) is 14.7. The topological polar surface area (TPSA) is 112 Å². The van der Waals surface area contributed by atoms with E-state index in [1.165, 1.54) is 0 Å². The van der Waals surface area contributed by atoms with Gasteiger partial charge in [-0.1, -0.05) is 12.1 Å². The monoisotopic (exact) mass is 361 g/mol. The van der Waals surface area contributed by atoms with Gasteiger partial charge < -0.3 is 19.7 Å². The Kier molecular flexibility index (Phi) is 4.56. The summed E-state index contributed by atoms with van der Waals surface area (Å²) in [5.74, 6) is -0.896. The highest BCUT2D eigenvalue weighted by molar-refractivity contribution is 5.92. The van der Waals surface area contributed by atoms with Crippen LogP contribution in [0.5, 0.6) is 11.5 Å². The number of dihydropyridines is 1. The Bertz CT molecular complexity index is 843. The van der Waals surface area contributed by atoms with Crippen LogP contribution in [0.15, 0.2) is 40.9 Å². The third-order valence-corrected chi connectivity index (χ3v) is 4.10. The van der Waals surface area contributed by atoms with Crippen LogP contribution >= 0.6 is 0 Å². The van der Waals surface area contributed by atoms with Crippen molar-refractivity contribution in [2.75, 3.05) is 0 Å². The fourth-order valence-electron chi connectivity index (χ4n) is 3.13. The first-order chi connectivity index (χ1) is 12.3. The molecule has 26 heavy (non-hydrogen) atoms. The molecule has 0 aliphatic carbocycles. The number of esters is 1. The second-order valence-electron chi connectivity index (χ2n) is 6.28. The number of para-hydroxylation sites is 1. The van der Waals surface area contributed by atoms with Crippen LogP contribution in [0.1, 0.15) is 39.2 Å². The maximum absolute atomic E-state index is 12.7. The number of rotatable bonds is 4. The van der Waals surface area contributed by atoms with Gasteiger partial charge in [-0.3, -0.25) is 10.1 Å². The predicted octanol–water partition coefficient (Wildman–Crippen LogP) is 2.30. The molecule has 0 saturated carbocycles.